The lowest BCUT2D eigenvalue weighted by molar-refractivity contribution is -0.104. The zero-order valence-electron chi connectivity index (χ0n) is 15.2. The van der Waals surface area contributed by atoms with Gasteiger partial charge in [0.2, 0.25) is 0 Å². The minimum atomic E-state index is -1.04. The van der Waals surface area contributed by atoms with Gasteiger partial charge >= 0.3 is 0 Å². The van der Waals surface area contributed by atoms with Crippen molar-refractivity contribution in [2.24, 2.45) is 11.7 Å². The molecule has 1 heterocycles. The lowest BCUT2D eigenvalue weighted by Gasteiger charge is -2.59. The molecule has 2 radical (unpaired) electrons. The van der Waals surface area contributed by atoms with Gasteiger partial charge in [0.1, 0.15) is 5.75 Å². The molecule has 2 aromatic rings. The standard InChI is InChI=1S/C18H23BN4O2S2/c1-25-11-2-3-12-13(8-11)27-16(22-12)23-15(26)21-9-18(24)10-4-6-17(19,7-5-10)14(18)20/h2-3,8,10,14,24H,4-7,9,20H2,1H3,(H2,21,22,23,26). The van der Waals surface area contributed by atoms with Crippen LogP contribution in [0.2, 0.25) is 5.31 Å². The molecule has 9 heteroatoms. The first-order valence-electron chi connectivity index (χ1n) is 9.10. The zero-order chi connectivity index (χ0) is 19.2. The lowest BCUT2D eigenvalue weighted by Crippen LogP contribution is -2.68. The van der Waals surface area contributed by atoms with E-state index in [1.165, 1.54) is 11.3 Å². The van der Waals surface area contributed by atoms with E-state index >= 15 is 0 Å². The Hall–Kier alpha value is -1.42. The van der Waals surface area contributed by atoms with Gasteiger partial charge in [-0.05, 0) is 54.5 Å². The summed E-state index contributed by atoms with van der Waals surface area (Å²) in [5, 5.41) is 18.0. The van der Waals surface area contributed by atoms with Gasteiger partial charge in [-0.1, -0.05) is 24.2 Å². The van der Waals surface area contributed by atoms with Crippen LogP contribution in [0, 0.1) is 5.92 Å². The van der Waals surface area contributed by atoms with Gasteiger partial charge in [-0.2, -0.15) is 0 Å². The number of rotatable bonds is 4. The number of methoxy groups -OCH3 is 1. The third kappa shape index (κ3) is 3.31. The predicted octanol–water partition coefficient (Wildman–Crippen LogP) is 2.18. The van der Waals surface area contributed by atoms with Crippen LogP contribution in [0.15, 0.2) is 18.2 Å². The number of nitrogens with two attached hydrogens (primary N) is 1. The van der Waals surface area contributed by atoms with Crippen molar-refractivity contribution in [2.45, 2.75) is 42.6 Å². The number of thiazole rings is 1. The van der Waals surface area contributed by atoms with Crippen LogP contribution in [0.3, 0.4) is 0 Å². The lowest BCUT2D eigenvalue weighted by atomic mass is 9.44. The summed E-state index contributed by atoms with van der Waals surface area (Å²) in [6.07, 6.45) is 3.56. The van der Waals surface area contributed by atoms with Crippen molar-refractivity contribution < 1.29 is 9.84 Å². The second kappa shape index (κ2) is 6.88. The van der Waals surface area contributed by atoms with Crippen molar-refractivity contribution in [1.82, 2.24) is 10.3 Å². The van der Waals surface area contributed by atoms with E-state index in [4.69, 9.17) is 30.5 Å². The summed E-state index contributed by atoms with van der Waals surface area (Å²) in [6.45, 7) is 0.280. The fourth-order valence-electron chi connectivity index (χ4n) is 4.42. The quantitative estimate of drug-likeness (QED) is 0.460. The van der Waals surface area contributed by atoms with Gasteiger partial charge in [0, 0.05) is 12.6 Å². The second-order valence-electron chi connectivity index (χ2n) is 7.64. The molecule has 3 aliphatic carbocycles. The molecule has 1 aromatic heterocycles. The van der Waals surface area contributed by atoms with E-state index in [1.807, 2.05) is 18.2 Å². The summed E-state index contributed by atoms with van der Waals surface area (Å²) in [6, 6.07) is 5.27. The van der Waals surface area contributed by atoms with Crippen LogP contribution in [0.5, 0.6) is 5.75 Å². The van der Waals surface area contributed by atoms with Gasteiger partial charge in [-0.15, -0.1) is 0 Å². The first-order chi connectivity index (χ1) is 12.8. The molecule has 3 fully saturated rings. The minimum Gasteiger partial charge on any atom is -0.497 e. The van der Waals surface area contributed by atoms with Crippen molar-refractivity contribution in [1.29, 1.82) is 0 Å². The number of ether oxygens (including phenoxy) is 1. The van der Waals surface area contributed by atoms with Gasteiger partial charge in [0.15, 0.2) is 10.2 Å². The van der Waals surface area contributed by atoms with Gasteiger partial charge in [-0.25, -0.2) is 4.98 Å². The number of aliphatic hydroxyl groups is 1. The Morgan fingerprint density at radius 1 is 1.48 bits per heavy atom. The van der Waals surface area contributed by atoms with Crippen LogP contribution in [0.4, 0.5) is 5.13 Å². The Bertz CT molecular complexity index is 868. The van der Waals surface area contributed by atoms with E-state index in [2.05, 4.69) is 15.6 Å². The summed E-state index contributed by atoms with van der Waals surface area (Å²) >= 11 is 6.89. The van der Waals surface area contributed by atoms with Crippen LogP contribution in [-0.2, 0) is 0 Å². The zero-order valence-corrected chi connectivity index (χ0v) is 16.8. The second-order valence-corrected chi connectivity index (χ2v) is 9.08. The maximum Gasteiger partial charge on any atom is 0.190 e. The molecule has 3 saturated carbocycles. The molecule has 142 valence electrons. The molecule has 2 bridgehead atoms. The summed E-state index contributed by atoms with van der Waals surface area (Å²) in [4.78, 5) is 4.52. The monoisotopic (exact) mass is 402 g/mol. The molecule has 3 aliphatic rings. The number of nitrogens with one attached hydrogen (secondary N) is 2. The molecule has 0 saturated heterocycles. The summed E-state index contributed by atoms with van der Waals surface area (Å²) in [5.41, 5.74) is 6.18. The molecule has 0 amide bonds. The number of hydrogen-bond donors (Lipinski definition) is 4. The van der Waals surface area contributed by atoms with Crippen molar-refractivity contribution in [3.05, 3.63) is 18.2 Å². The van der Waals surface area contributed by atoms with E-state index in [0.717, 1.165) is 41.6 Å². The molecule has 0 spiro atoms. The molecule has 1 aromatic carbocycles. The molecule has 0 aliphatic heterocycles. The molecule has 5 N–H and O–H groups in total. The summed E-state index contributed by atoms with van der Waals surface area (Å²) in [7, 11) is 8.07. The van der Waals surface area contributed by atoms with E-state index in [1.54, 1.807) is 7.11 Å². The Kier molecular flexibility index (Phi) is 4.82. The van der Waals surface area contributed by atoms with E-state index in [0.29, 0.717) is 10.2 Å². The molecular formula is C18H23BN4O2S2. The molecule has 6 nitrogen and oxygen atoms in total. The third-order valence-electron chi connectivity index (χ3n) is 6.13. The van der Waals surface area contributed by atoms with Crippen LogP contribution in [0.25, 0.3) is 10.2 Å². The van der Waals surface area contributed by atoms with Crippen LogP contribution in [0.1, 0.15) is 25.7 Å². The van der Waals surface area contributed by atoms with Crippen molar-refractivity contribution in [3.63, 3.8) is 0 Å². The number of benzene rings is 1. The van der Waals surface area contributed by atoms with Crippen LogP contribution in [-0.4, -0.2) is 48.3 Å². The number of thiocarbonyl (C=S) groups is 1. The van der Waals surface area contributed by atoms with E-state index in [-0.39, 0.29) is 12.5 Å². The van der Waals surface area contributed by atoms with Crippen LogP contribution < -0.4 is 21.1 Å². The highest BCUT2D eigenvalue weighted by Gasteiger charge is 2.56. The highest BCUT2D eigenvalue weighted by Crippen LogP contribution is 2.56. The van der Waals surface area contributed by atoms with Crippen molar-refractivity contribution in [3.8, 4) is 5.75 Å². The smallest absolute Gasteiger partial charge is 0.190 e. The number of aromatic nitrogens is 1. The van der Waals surface area contributed by atoms with Crippen LogP contribution >= 0.6 is 23.6 Å². The van der Waals surface area contributed by atoms with Gasteiger partial charge in [0.25, 0.3) is 0 Å². The third-order valence-corrected chi connectivity index (χ3v) is 7.31. The fourth-order valence-corrected chi connectivity index (χ4v) is 5.55. The number of nitrogens with zero attached hydrogens (tertiary/aromatic N) is 1. The van der Waals surface area contributed by atoms with Crippen molar-refractivity contribution >= 4 is 51.9 Å². The predicted molar refractivity (Wildman–Crippen MR) is 114 cm³/mol. The molecule has 2 unspecified atom stereocenters. The molecule has 27 heavy (non-hydrogen) atoms. The average Bonchev–Trinajstić information content (AvgIpc) is 3.06. The maximum atomic E-state index is 11.2. The topological polar surface area (TPSA) is 92.4 Å². The van der Waals surface area contributed by atoms with Gasteiger partial charge in [0.05, 0.1) is 30.8 Å². The first kappa shape index (κ1) is 18.9. The molecule has 5 rings (SSSR count). The SMILES string of the molecule is [B]C12CCC(CC1)C(O)(CNC(=S)Nc1nc3ccc(OC)cc3s1)C2N. The van der Waals surface area contributed by atoms with Crippen molar-refractivity contribution in [2.75, 3.05) is 19.0 Å². The highest BCUT2D eigenvalue weighted by atomic mass is 32.1. The minimum absolute atomic E-state index is 0.156. The highest BCUT2D eigenvalue weighted by molar-refractivity contribution is 7.80. The van der Waals surface area contributed by atoms with Gasteiger partial charge < -0.3 is 26.2 Å². The fraction of sp³-hybridized carbons (Fsp3) is 0.556. The summed E-state index contributed by atoms with van der Waals surface area (Å²) in [5.74, 6) is 0.945. The average molecular weight is 402 g/mol. The van der Waals surface area contributed by atoms with E-state index in [9.17, 15) is 5.11 Å². The first-order valence-corrected chi connectivity index (χ1v) is 10.3. The van der Waals surface area contributed by atoms with Gasteiger partial charge in [-0.3, -0.25) is 0 Å². The van der Waals surface area contributed by atoms with E-state index < -0.39 is 17.0 Å². The Balaban J connectivity index is 1.41. The largest absolute Gasteiger partial charge is 0.497 e. The molecular weight excluding hydrogens is 379 g/mol. The Morgan fingerprint density at radius 2 is 2.22 bits per heavy atom. The maximum absolute atomic E-state index is 11.2. The Labute approximate surface area is 169 Å². The number of hydrogen-bond acceptors (Lipinski definition) is 6. The normalized spacial score (nSPS) is 32.4. The number of fused-ring (bicyclic) bond motifs is 4. The summed E-state index contributed by atoms with van der Waals surface area (Å²) < 4.78 is 6.25. The Morgan fingerprint density at radius 3 is 2.93 bits per heavy atom. The molecule has 2 atom stereocenters. The number of anilines is 1.